The lowest BCUT2D eigenvalue weighted by molar-refractivity contribution is -0.313. The molecule has 52 heavy (non-hydrogen) atoms. The zero-order chi connectivity index (χ0) is 37.9. The second-order valence-electron chi connectivity index (χ2n) is 18.2. The molecule has 0 radical (unpaired) electrons. The Morgan fingerprint density at radius 3 is 2.19 bits per heavy atom. The van der Waals surface area contributed by atoms with E-state index in [0.717, 1.165) is 25.7 Å². The van der Waals surface area contributed by atoms with E-state index >= 15 is 0 Å². The number of hydrogen-bond acceptors (Lipinski definition) is 13. The topological polar surface area (TPSA) is 197 Å². The quantitative estimate of drug-likeness (QED) is 0.153. The summed E-state index contributed by atoms with van der Waals surface area (Å²) < 4.78 is 35.4. The summed E-state index contributed by atoms with van der Waals surface area (Å²) in [6.45, 7) is 10.4. The predicted octanol–water partition coefficient (Wildman–Crippen LogP) is 1.73. The average molecular weight is 745 g/mol. The lowest BCUT2D eigenvalue weighted by Crippen LogP contribution is -2.68. The zero-order valence-corrected chi connectivity index (χ0v) is 32.3. The fourth-order valence-corrected chi connectivity index (χ4v) is 12.4. The minimum Gasteiger partial charge on any atom is -0.394 e. The smallest absolute Gasteiger partial charge is 0.187 e. The van der Waals surface area contributed by atoms with Gasteiger partial charge in [0.2, 0.25) is 0 Å². The van der Waals surface area contributed by atoms with E-state index in [1.165, 1.54) is 14.2 Å². The van der Waals surface area contributed by atoms with E-state index in [-0.39, 0.29) is 65.5 Å². The lowest BCUT2D eigenvalue weighted by atomic mass is 9.42. The van der Waals surface area contributed by atoms with Crippen LogP contribution in [0.2, 0.25) is 0 Å². The first-order chi connectivity index (χ1) is 24.5. The molecule has 2 aliphatic heterocycles. The zero-order valence-electron chi connectivity index (χ0n) is 32.3. The first kappa shape index (κ1) is 41.1. The number of aliphatic hydroxyl groups excluding tert-OH is 6. The average Bonchev–Trinajstić information content (AvgIpc) is 3.55. The molecule has 0 amide bonds. The van der Waals surface area contributed by atoms with Gasteiger partial charge in [0.05, 0.1) is 43.2 Å². The Labute approximate surface area is 309 Å². The van der Waals surface area contributed by atoms with Crippen molar-refractivity contribution in [2.45, 2.75) is 172 Å². The van der Waals surface area contributed by atoms with Crippen molar-refractivity contribution in [3.05, 3.63) is 0 Å². The Morgan fingerprint density at radius 2 is 1.54 bits per heavy atom. The summed E-state index contributed by atoms with van der Waals surface area (Å²) in [6, 6.07) is 0. The lowest BCUT2D eigenvalue weighted by Gasteiger charge is -2.66. The van der Waals surface area contributed by atoms with Gasteiger partial charge in [-0.25, -0.2) is 0 Å². The van der Waals surface area contributed by atoms with E-state index in [1.807, 2.05) is 0 Å². The summed E-state index contributed by atoms with van der Waals surface area (Å²) in [4.78, 5) is 0. The van der Waals surface area contributed by atoms with Crippen molar-refractivity contribution in [1.29, 1.82) is 0 Å². The number of methoxy groups -OCH3 is 2. The van der Waals surface area contributed by atoms with Gasteiger partial charge in [0.1, 0.15) is 36.6 Å². The van der Waals surface area contributed by atoms with Gasteiger partial charge in [-0.2, -0.15) is 0 Å². The van der Waals surface area contributed by atoms with Gasteiger partial charge in [0, 0.05) is 26.6 Å². The third-order valence-electron chi connectivity index (χ3n) is 15.1. The van der Waals surface area contributed by atoms with Crippen LogP contribution in [0, 0.1) is 46.3 Å². The number of rotatable bonds is 12. The molecule has 13 heteroatoms. The SMILES string of the molecule is CO[C@H]1[C@H](O[C@H]2[C@H](O[C@@H](CC[C@@H](C)[C@H]3C[C@@H](O)C4[C@]5(O)C[C@@H](O)C6C[C@@H](O)CC[C@]6(C)C5CC[C@@]43C)C(C)C)O[C@@H](CO)[C@@H]2O)OC[C@@H](OC)[C@@H]1O. The van der Waals surface area contributed by atoms with Crippen LogP contribution in [0.4, 0.5) is 0 Å². The van der Waals surface area contributed by atoms with Crippen LogP contribution in [0.25, 0.3) is 0 Å². The molecule has 3 unspecified atom stereocenters. The third-order valence-corrected chi connectivity index (χ3v) is 15.1. The third kappa shape index (κ3) is 7.05. The maximum absolute atomic E-state index is 12.7. The van der Waals surface area contributed by atoms with Gasteiger partial charge in [-0.15, -0.1) is 0 Å². The van der Waals surface area contributed by atoms with E-state index in [2.05, 4.69) is 34.6 Å². The summed E-state index contributed by atoms with van der Waals surface area (Å²) in [5.74, 6) is -0.0251. The van der Waals surface area contributed by atoms with Crippen LogP contribution in [0.3, 0.4) is 0 Å². The monoisotopic (exact) mass is 744 g/mol. The summed E-state index contributed by atoms with van der Waals surface area (Å²) in [5, 5.41) is 78.2. The molecule has 13 nitrogen and oxygen atoms in total. The molecule has 6 fully saturated rings. The van der Waals surface area contributed by atoms with Crippen molar-refractivity contribution in [2.24, 2.45) is 46.3 Å². The molecule has 302 valence electrons. The maximum Gasteiger partial charge on any atom is 0.187 e. The van der Waals surface area contributed by atoms with E-state index in [9.17, 15) is 35.7 Å². The molecule has 2 heterocycles. The van der Waals surface area contributed by atoms with Gasteiger partial charge in [-0.05, 0) is 91.8 Å². The number of fused-ring (bicyclic) bond motifs is 5. The number of hydrogen-bond donors (Lipinski definition) is 7. The van der Waals surface area contributed by atoms with Crippen molar-refractivity contribution in [3.63, 3.8) is 0 Å². The Kier molecular flexibility index (Phi) is 12.5. The van der Waals surface area contributed by atoms with Crippen LogP contribution >= 0.6 is 0 Å². The molecule has 0 aromatic rings. The Bertz CT molecular complexity index is 1190. The predicted molar refractivity (Wildman–Crippen MR) is 188 cm³/mol. The molecule has 6 rings (SSSR count). The van der Waals surface area contributed by atoms with Crippen LogP contribution in [-0.4, -0.2) is 142 Å². The second kappa shape index (κ2) is 15.8. The van der Waals surface area contributed by atoms with Crippen molar-refractivity contribution >= 4 is 0 Å². The van der Waals surface area contributed by atoms with Gasteiger partial charge >= 0.3 is 0 Å². The summed E-state index contributed by atoms with van der Waals surface area (Å²) in [6.07, 6.45) is -3.85. The highest BCUT2D eigenvalue weighted by molar-refractivity contribution is 5.20. The van der Waals surface area contributed by atoms with Crippen molar-refractivity contribution in [3.8, 4) is 0 Å². The van der Waals surface area contributed by atoms with Gasteiger partial charge in [-0.3, -0.25) is 0 Å². The van der Waals surface area contributed by atoms with Gasteiger partial charge < -0.3 is 64.2 Å². The van der Waals surface area contributed by atoms with E-state index < -0.39 is 79.7 Å². The largest absolute Gasteiger partial charge is 0.394 e. The minimum absolute atomic E-state index is 0.0380. The van der Waals surface area contributed by atoms with E-state index in [0.29, 0.717) is 25.7 Å². The molecule has 0 spiro atoms. The van der Waals surface area contributed by atoms with Crippen LogP contribution in [0.15, 0.2) is 0 Å². The van der Waals surface area contributed by atoms with Crippen molar-refractivity contribution in [1.82, 2.24) is 0 Å². The minimum atomic E-state index is -1.22. The van der Waals surface area contributed by atoms with E-state index in [4.69, 9.17) is 28.4 Å². The maximum atomic E-state index is 12.7. The van der Waals surface area contributed by atoms with Crippen LogP contribution in [0.5, 0.6) is 0 Å². The van der Waals surface area contributed by atoms with Crippen LogP contribution in [0.1, 0.15) is 92.4 Å². The molecule has 4 saturated carbocycles. The molecule has 20 atom stereocenters. The van der Waals surface area contributed by atoms with E-state index in [1.54, 1.807) is 0 Å². The van der Waals surface area contributed by atoms with Gasteiger partial charge in [-0.1, -0.05) is 34.6 Å². The Morgan fingerprint density at radius 1 is 0.827 bits per heavy atom. The fourth-order valence-electron chi connectivity index (χ4n) is 12.4. The molecule has 2 saturated heterocycles. The molecule has 0 bridgehead atoms. The molecular weight excluding hydrogens is 676 g/mol. The normalized spacial score (nSPS) is 51.9. The fraction of sp³-hybridized carbons (Fsp3) is 1.00. The summed E-state index contributed by atoms with van der Waals surface area (Å²) >= 11 is 0. The highest BCUT2D eigenvalue weighted by Gasteiger charge is 2.70. The molecular formula is C39H68O13. The van der Waals surface area contributed by atoms with Gasteiger partial charge in [0.15, 0.2) is 12.6 Å². The molecule has 0 aromatic carbocycles. The van der Waals surface area contributed by atoms with Crippen molar-refractivity contribution in [2.75, 3.05) is 27.4 Å². The van der Waals surface area contributed by atoms with Crippen LogP contribution < -0.4 is 0 Å². The molecule has 0 aromatic heterocycles. The Hall–Kier alpha value is -0.520. The Balaban J connectivity index is 1.13. The number of ether oxygens (including phenoxy) is 6. The second-order valence-corrected chi connectivity index (χ2v) is 18.2. The summed E-state index contributed by atoms with van der Waals surface area (Å²) in [5.41, 5.74) is -1.78. The highest BCUT2D eigenvalue weighted by Crippen LogP contribution is 2.69. The van der Waals surface area contributed by atoms with Gasteiger partial charge in [0.25, 0.3) is 0 Å². The first-order valence-electron chi connectivity index (χ1n) is 19.9. The summed E-state index contributed by atoms with van der Waals surface area (Å²) in [7, 11) is 2.91. The standard InChI is InChI=1S/C39H68O13/c1-19(2)26(50-36-33(30(44)27(17-40)51-36)52-35-32(48-7)31(45)28(47-6)18-49-35)9-8-20(3)22-15-24(42)34-38(22,5)13-11-29-37(4)12-10-21(41)14-23(37)25(43)16-39(29,34)46/h19-36,40-46H,8-18H2,1-7H3/t20-,21+,22-,23?,24-,25-,26+,27+,28-,29?,30+,31+,32-,33-,34?,35+,36-,37+,38-,39+/m1/s1. The van der Waals surface area contributed by atoms with Crippen molar-refractivity contribution < 1.29 is 64.2 Å². The molecule has 6 aliphatic rings. The molecule has 4 aliphatic carbocycles. The van der Waals surface area contributed by atoms with Crippen LogP contribution in [-0.2, 0) is 28.4 Å². The highest BCUT2D eigenvalue weighted by atomic mass is 16.8. The molecule has 7 N–H and O–H groups in total. The first-order valence-corrected chi connectivity index (χ1v) is 19.9. The number of aliphatic hydroxyl groups is 7.